The van der Waals surface area contributed by atoms with Crippen molar-refractivity contribution in [3.05, 3.63) is 35.4 Å². The lowest BCUT2D eigenvalue weighted by Gasteiger charge is -2.22. The lowest BCUT2D eigenvalue weighted by Crippen LogP contribution is -2.35. The standard InChI is InChI=1S/C13H21N3/c1-11-6-8-12(9-7-11)10-14-13(15(2)3)16(4)5/h6-9H,10H2,1-5H3. The summed E-state index contributed by atoms with van der Waals surface area (Å²) in [7, 11) is 8.03. The van der Waals surface area contributed by atoms with Crippen LogP contribution in [0.1, 0.15) is 11.1 Å². The third-order valence-corrected chi connectivity index (χ3v) is 2.32. The fraction of sp³-hybridized carbons (Fsp3) is 0.462. The minimum absolute atomic E-state index is 0.728. The largest absolute Gasteiger partial charge is 0.349 e. The molecule has 1 aromatic rings. The molecule has 0 atom stereocenters. The Balaban J connectivity index is 2.73. The van der Waals surface area contributed by atoms with Crippen molar-refractivity contribution < 1.29 is 0 Å². The molecule has 0 spiro atoms. The van der Waals surface area contributed by atoms with Crippen LogP contribution in [0.5, 0.6) is 0 Å². The van der Waals surface area contributed by atoms with Crippen LogP contribution < -0.4 is 0 Å². The molecule has 0 fully saturated rings. The van der Waals surface area contributed by atoms with Crippen LogP contribution in [0.2, 0.25) is 0 Å². The van der Waals surface area contributed by atoms with Crippen LogP contribution in [0.15, 0.2) is 29.3 Å². The third kappa shape index (κ3) is 3.57. The van der Waals surface area contributed by atoms with E-state index in [2.05, 4.69) is 36.2 Å². The van der Waals surface area contributed by atoms with E-state index in [0.717, 1.165) is 12.5 Å². The number of nitrogens with zero attached hydrogens (tertiary/aromatic N) is 3. The van der Waals surface area contributed by atoms with Crippen LogP contribution in [0.4, 0.5) is 0 Å². The van der Waals surface area contributed by atoms with Crippen LogP contribution in [0, 0.1) is 6.92 Å². The summed E-state index contributed by atoms with van der Waals surface area (Å²) in [5.74, 6) is 0.987. The van der Waals surface area contributed by atoms with Gasteiger partial charge in [-0.2, -0.15) is 0 Å². The molecule has 0 N–H and O–H groups in total. The van der Waals surface area contributed by atoms with Crippen LogP contribution in [0.3, 0.4) is 0 Å². The van der Waals surface area contributed by atoms with Gasteiger partial charge in [-0.1, -0.05) is 29.8 Å². The number of benzene rings is 1. The van der Waals surface area contributed by atoms with Gasteiger partial charge in [0.05, 0.1) is 6.54 Å². The number of hydrogen-bond donors (Lipinski definition) is 0. The molecule has 0 unspecified atom stereocenters. The summed E-state index contributed by atoms with van der Waals surface area (Å²) in [5, 5.41) is 0. The number of hydrogen-bond acceptors (Lipinski definition) is 1. The second-order valence-corrected chi connectivity index (χ2v) is 4.39. The maximum Gasteiger partial charge on any atom is 0.195 e. The predicted molar refractivity (Wildman–Crippen MR) is 69.7 cm³/mol. The second kappa shape index (κ2) is 5.54. The zero-order valence-electron chi connectivity index (χ0n) is 10.9. The van der Waals surface area contributed by atoms with E-state index in [-0.39, 0.29) is 0 Å². The summed E-state index contributed by atoms with van der Waals surface area (Å²) in [6.45, 7) is 2.82. The average Bonchev–Trinajstić information content (AvgIpc) is 2.20. The molecule has 0 aliphatic rings. The van der Waals surface area contributed by atoms with Crippen molar-refractivity contribution in [2.75, 3.05) is 28.2 Å². The van der Waals surface area contributed by atoms with Crippen molar-refractivity contribution in [2.24, 2.45) is 4.99 Å². The fourth-order valence-electron chi connectivity index (χ4n) is 1.54. The first kappa shape index (κ1) is 12.6. The maximum absolute atomic E-state index is 4.59. The van der Waals surface area contributed by atoms with Gasteiger partial charge in [-0.05, 0) is 12.5 Å². The molecule has 0 bridgehead atoms. The van der Waals surface area contributed by atoms with Gasteiger partial charge in [-0.15, -0.1) is 0 Å². The van der Waals surface area contributed by atoms with Crippen molar-refractivity contribution in [3.8, 4) is 0 Å². The van der Waals surface area contributed by atoms with E-state index in [1.54, 1.807) is 0 Å². The van der Waals surface area contributed by atoms with Gasteiger partial charge < -0.3 is 9.80 Å². The summed E-state index contributed by atoms with van der Waals surface area (Å²) in [4.78, 5) is 8.64. The Morgan fingerprint density at radius 1 is 1.00 bits per heavy atom. The van der Waals surface area contributed by atoms with Crippen LogP contribution >= 0.6 is 0 Å². The average molecular weight is 219 g/mol. The SMILES string of the molecule is Cc1ccc(CN=C(N(C)C)N(C)C)cc1. The molecule has 0 saturated heterocycles. The summed E-state index contributed by atoms with van der Waals surface area (Å²) >= 11 is 0. The van der Waals surface area contributed by atoms with E-state index in [0.29, 0.717) is 0 Å². The third-order valence-electron chi connectivity index (χ3n) is 2.32. The minimum Gasteiger partial charge on any atom is -0.349 e. The molecule has 16 heavy (non-hydrogen) atoms. The molecule has 0 aliphatic heterocycles. The molecule has 1 aromatic carbocycles. The Hall–Kier alpha value is -1.51. The second-order valence-electron chi connectivity index (χ2n) is 4.39. The molecule has 3 nitrogen and oxygen atoms in total. The van der Waals surface area contributed by atoms with E-state index >= 15 is 0 Å². The summed E-state index contributed by atoms with van der Waals surface area (Å²) in [6, 6.07) is 8.50. The van der Waals surface area contributed by atoms with Gasteiger partial charge in [0.15, 0.2) is 5.96 Å². The van der Waals surface area contributed by atoms with Gasteiger partial charge in [-0.25, -0.2) is 4.99 Å². The highest BCUT2D eigenvalue weighted by atomic mass is 15.3. The summed E-state index contributed by atoms with van der Waals surface area (Å²) in [5.41, 5.74) is 2.53. The molecule has 1 rings (SSSR count). The molecule has 0 heterocycles. The van der Waals surface area contributed by atoms with Crippen molar-refractivity contribution in [3.63, 3.8) is 0 Å². The van der Waals surface area contributed by atoms with Crippen molar-refractivity contribution in [1.29, 1.82) is 0 Å². The minimum atomic E-state index is 0.728. The van der Waals surface area contributed by atoms with Gasteiger partial charge >= 0.3 is 0 Å². The maximum atomic E-state index is 4.59. The van der Waals surface area contributed by atoms with Gasteiger partial charge in [0.1, 0.15) is 0 Å². The Labute approximate surface area is 98.4 Å². The topological polar surface area (TPSA) is 18.8 Å². The smallest absolute Gasteiger partial charge is 0.195 e. The predicted octanol–water partition coefficient (Wildman–Crippen LogP) is 1.97. The van der Waals surface area contributed by atoms with E-state index in [1.165, 1.54) is 11.1 Å². The molecule has 0 saturated carbocycles. The highest BCUT2D eigenvalue weighted by Crippen LogP contribution is 2.05. The molecule has 3 heteroatoms. The molecule has 0 aromatic heterocycles. The van der Waals surface area contributed by atoms with E-state index < -0.39 is 0 Å². The lowest BCUT2D eigenvalue weighted by atomic mass is 10.1. The Morgan fingerprint density at radius 2 is 1.50 bits per heavy atom. The number of aliphatic imine (C=N–C) groups is 1. The number of guanidine groups is 1. The Morgan fingerprint density at radius 3 is 1.94 bits per heavy atom. The first-order valence-corrected chi connectivity index (χ1v) is 5.45. The number of rotatable bonds is 2. The zero-order valence-corrected chi connectivity index (χ0v) is 10.9. The molecular weight excluding hydrogens is 198 g/mol. The van der Waals surface area contributed by atoms with Crippen molar-refractivity contribution in [2.45, 2.75) is 13.5 Å². The number of aryl methyl sites for hydroxylation is 1. The normalized spacial score (nSPS) is 9.81. The molecular formula is C13H21N3. The van der Waals surface area contributed by atoms with Gasteiger partial charge in [-0.3, -0.25) is 0 Å². The van der Waals surface area contributed by atoms with E-state index in [1.807, 2.05) is 38.0 Å². The van der Waals surface area contributed by atoms with Crippen molar-refractivity contribution >= 4 is 5.96 Å². The van der Waals surface area contributed by atoms with Gasteiger partial charge in [0.2, 0.25) is 0 Å². The first-order valence-electron chi connectivity index (χ1n) is 5.45. The van der Waals surface area contributed by atoms with E-state index in [9.17, 15) is 0 Å². The molecule has 0 aliphatic carbocycles. The van der Waals surface area contributed by atoms with Gasteiger partial charge in [0, 0.05) is 28.2 Å². The monoisotopic (exact) mass is 219 g/mol. The van der Waals surface area contributed by atoms with Crippen molar-refractivity contribution in [1.82, 2.24) is 9.80 Å². The van der Waals surface area contributed by atoms with E-state index in [4.69, 9.17) is 0 Å². The zero-order chi connectivity index (χ0) is 12.1. The highest BCUT2D eigenvalue weighted by molar-refractivity contribution is 5.79. The molecule has 88 valence electrons. The lowest BCUT2D eigenvalue weighted by molar-refractivity contribution is 0.479. The van der Waals surface area contributed by atoms with Crippen LogP contribution in [0.25, 0.3) is 0 Å². The van der Waals surface area contributed by atoms with Crippen LogP contribution in [-0.2, 0) is 6.54 Å². The fourth-order valence-corrected chi connectivity index (χ4v) is 1.54. The van der Waals surface area contributed by atoms with Crippen LogP contribution in [-0.4, -0.2) is 44.0 Å². The summed E-state index contributed by atoms with van der Waals surface area (Å²) < 4.78 is 0. The molecule has 0 amide bonds. The quantitative estimate of drug-likeness (QED) is 0.559. The summed E-state index contributed by atoms with van der Waals surface area (Å²) in [6.07, 6.45) is 0. The Kier molecular flexibility index (Phi) is 4.35. The first-order chi connectivity index (χ1) is 7.50. The Bertz CT molecular complexity index is 340. The van der Waals surface area contributed by atoms with Gasteiger partial charge in [0.25, 0.3) is 0 Å². The molecule has 0 radical (unpaired) electrons. The highest BCUT2D eigenvalue weighted by Gasteiger charge is 2.03.